The molecule has 1 N–H and O–H groups in total. The molecule has 0 aromatic rings. The lowest BCUT2D eigenvalue weighted by Crippen LogP contribution is -1.86. The first-order valence-corrected chi connectivity index (χ1v) is 1.76. The predicted molar refractivity (Wildman–Crippen MR) is 23.9 cm³/mol. The number of aliphatic carboxylic acids is 1. The molecule has 0 saturated carbocycles. The Morgan fingerprint density at radius 1 is 1.62 bits per heavy atom. The lowest BCUT2D eigenvalue weighted by molar-refractivity contribution is -0.131. The van der Waals surface area contributed by atoms with Gasteiger partial charge in [-0.15, -0.1) is 0 Å². The lowest BCUT2D eigenvalue weighted by Gasteiger charge is -1.78. The monoisotopic (exact) mass is 116 g/mol. The summed E-state index contributed by atoms with van der Waals surface area (Å²) in [5.41, 5.74) is 0. The summed E-state index contributed by atoms with van der Waals surface area (Å²) in [5, 5.41) is 7.86. The van der Waals surface area contributed by atoms with Crippen molar-refractivity contribution in [2.24, 2.45) is 0 Å². The fourth-order valence-corrected chi connectivity index (χ4v) is 0.130. The third-order valence-corrected chi connectivity index (χ3v) is 0.345. The van der Waals surface area contributed by atoms with Gasteiger partial charge in [0.2, 0.25) is 0 Å². The largest absolute Gasteiger partial charge is 0.478 e. The number of carboxylic acids is 1. The highest BCUT2D eigenvalue weighted by Crippen LogP contribution is 1.70. The van der Waals surface area contributed by atoms with Crippen LogP contribution in [0.3, 0.4) is 0 Å². The van der Waals surface area contributed by atoms with E-state index in [2.05, 4.69) is 4.74 Å². The van der Waals surface area contributed by atoms with Gasteiger partial charge in [0.1, 0.15) is 6.26 Å². The van der Waals surface area contributed by atoms with E-state index in [1.54, 1.807) is 0 Å². The van der Waals surface area contributed by atoms with Gasteiger partial charge in [0.15, 0.2) is 0 Å². The molecule has 0 bridgehead atoms. The van der Waals surface area contributed by atoms with Gasteiger partial charge >= 0.3 is 5.97 Å². The van der Waals surface area contributed by atoms with E-state index in [9.17, 15) is 9.59 Å². The molecule has 0 aromatic carbocycles. The van der Waals surface area contributed by atoms with Crippen LogP contribution in [0.4, 0.5) is 0 Å². The van der Waals surface area contributed by atoms with Crippen LogP contribution in [0.2, 0.25) is 0 Å². The summed E-state index contributed by atoms with van der Waals surface area (Å²) in [4.78, 5) is 18.9. The Morgan fingerprint density at radius 2 is 2.25 bits per heavy atom. The van der Waals surface area contributed by atoms with Crippen LogP contribution in [0.25, 0.3) is 0 Å². The maximum absolute atomic E-state index is 9.59. The highest BCUT2D eigenvalue weighted by atomic mass is 16.5. The maximum Gasteiger partial charge on any atom is 0.331 e. The molecule has 0 atom stereocenters. The number of rotatable bonds is 3. The molecule has 4 nitrogen and oxygen atoms in total. The minimum atomic E-state index is -1.15. The smallest absolute Gasteiger partial charge is 0.331 e. The summed E-state index contributed by atoms with van der Waals surface area (Å²) in [6.07, 6.45) is 1.50. The van der Waals surface area contributed by atoms with Crippen LogP contribution < -0.4 is 0 Å². The molecule has 0 amide bonds. The molecule has 0 unspecified atom stereocenters. The number of ether oxygens (including phenoxy) is 1. The zero-order valence-electron chi connectivity index (χ0n) is 3.90. The van der Waals surface area contributed by atoms with E-state index in [4.69, 9.17) is 5.11 Å². The molecule has 0 heterocycles. The van der Waals surface area contributed by atoms with Crippen molar-refractivity contribution in [2.45, 2.75) is 0 Å². The van der Waals surface area contributed by atoms with Crippen LogP contribution in [0.1, 0.15) is 0 Å². The number of hydrogen-bond donors (Lipinski definition) is 1. The van der Waals surface area contributed by atoms with Crippen LogP contribution in [0.15, 0.2) is 12.3 Å². The van der Waals surface area contributed by atoms with Crippen LogP contribution in [-0.4, -0.2) is 17.5 Å². The summed E-state index contributed by atoms with van der Waals surface area (Å²) < 4.78 is 3.90. The Hall–Kier alpha value is -1.32. The molecule has 4 heteroatoms. The Bertz CT molecular complexity index is 115. The fourth-order valence-electron chi connectivity index (χ4n) is 0.130. The summed E-state index contributed by atoms with van der Waals surface area (Å²) in [6, 6.07) is 0. The molecule has 0 fully saturated rings. The van der Waals surface area contributed by atoms with Gasteiger partial charge < -0.3 is 9.84 Å². The number of carbonyl (C=O) groups excluding carboxylic acids is 1. The Morgan fingerprint density at radius 3 is 2.62 bits per heavy atom. The average molecular weight is 116 g/mol. The number of carboxylic acid groups (broad SMARTS) is 1. The SMILES string of the molecule is O=CO/C=C/C(=O)O. The molecule has 0 aromatic heterocycles. The second-order valence-corrected chi connectivity index (χ2v) is 0.873. The summed E-state index contributed by atoms with van der Waals surface area (Å²) in [5.74, 6) is -1.15. The van der Waals surface area contributed by atoms with Gasteiger partial charge in [-0.3, -0.25) is 4.79 Å². The minimum absolute atomic E-state index is 0.138. The van der Waals surface area contributed by atoms with E-state index in [1.165, 1.54) is 0 Å². The second kappa shape index (κ2) is 3.86. The van der Waals surface area contributed by atoms with Crippen molar-refractivity contribution in [3.63, 3.8) is 0 Å². The third-order valence-electron chi connectivity index (χ3n) is 0.345. The molecule has 0 rings (SSSR count). The minimum Gasteiger partial charge on any atom is -0.478 e. The summed E-state index contributed by atoms with van der Waals surface area (Å²) in [7, 11) is 0. The first-order chi connectivity index (χ1) is 3.77. The van der Waals surface area contributed by atoms with Crippen molar-refractivity contribution in [2.75, 3.05) is 0 Å². The van der Waals surface area contributed by atoms with Gasteiger partial charge in [-0.1, -0.05) is 0 Å². The second-order valence-electron chi connectivity index (χ2n) is 0.873. The molecule has 44 valence electrons. The highest BCUT2D eigenvalue weighted by molar-refractivity contribution is 5.79. The van der Waals surface area contributed by atoms with E-state index in [-0.39, 0.29) is 6.47 Å². The molecule has 8 heavy (non-hydrogen) atoms. The first-order valence-electron chi connectivity index (χ1n) is 1.76. The van der Waals surface area contributed by atoms with E-state index in [0.29, 0.717) is 6.08 Å². The molecule has 0 spiro atoms. The third kappa shape index (κ3) is 4.68. The Balaban J connectivity index is 3.34. The van der Waals surface area contributed by atoms with Crippen LogP contribution in [0, 0.1) is 0 Å². The van der Waals surface area contributed by atoms with E-state index in [1.807, 2.05) is 0 Å². The number of hydrogen-bond acceptors (Lipinski definition) is 3. The van der Waals surface area contributed by atoms with Gasteiger partial charge in [0.05, 0.1) is 6.08 Å². The Kier molecular flexibility index (Phi) is 3.22. The van der Waals surface area contributed by atoms with E-state index in [0.717, 1.165) is 6.26 Å². The first kappa shape index (κ1) is 6.68. The molecule has 0 radical (unpaired) electrons. The highest BCUT2D eigenvalue weighted by Gasteiger charge is 1.81. The molecular weight excluding hydrogens is 112 g/mol. The van der Waals surface area contributed by atoms with Crippen molar-refractivity contribution >= 4 is 12.4 Å². The van der Waals surface area contributed by atoms with Crippen molar-refractivity contribution < 1.29 is 19.4 Å². The maximum atomic E-state index is 9.59. The van der Waals surface area contributed by atoms with Crippen LogP contribution in [0.5, 0.6) is 0 Å². The van der Waals surface area contributed by atoms with Crippen LogP contribution in [-0.2, 0) is 14.3 Å². The normalized spacial score (nSPS) is 9.00. The predicted octanol–water partition coefficient (Wildman–Crippen LogP) is -0.242. The quantitative estimate of drug-likeness (QED) is 0.314. The number of carbonyl (C=O) groups is 2. The molecule has 0 aliphatic carbocycles. The average Bonchev–Trinajstić information content (AvgIpc) is 1.66. The zero-order valence-corrected chi connectivity index (χ0v) is 3.90. The molecule has 0 aliphatic rings. The van der Waals surface area contributed by atoms with Gasteiger partial charge in [-0.05, 0) is 0 Å². The van der Waals surface area contributed by atoms with Gasteiger partial charge in [-0.2, -0.15) is 0 Å². The van der Waals surface area contributed by atoms with Crippen LogP contribution >= 0.6 is 0 Å². The van der Waals surface area contributed by atoms with Gasteiger partial charge in [0, 0.05) is 0 Å². The summed E-state index contributed by atoms with van der Waals surface area (Å²) >= 11 is 0. The van der Waals surface area contributed by atoms with Gasteiger partial charge in [0.25, 0.3) is 6.47 Å². The van der Waals surface area contributed by atoms with Crippen molar-refractivity contribution in [3.05, 3.63) is 12.3 Å². The Labute approximate surface area is 45.4 Å². The van der Waals surface area contributed by atoms with Crippen molar-refractivity contribution in [3.8, 4) is 0 Å². The standard InChI is InChI=1S/C4H4O4/c5-3-8-2-1-4(6)7/h1-3H,(H,6,7)/b2-1+. The van der Waals surface area contributed by atoms with E-state index >= 15 is 0 Å². The van der Waals surface area contributed by atoms with E-state index < -0.39 is 5.97 Å². The van der Waals surface area contributed by atoms with Crippen molar-refractivity contribution in [1.82, 2.24) is 0 Å². The molecule has 0 aliphatic heterocycles. The fraction of sp³-hybridized carbons (Fsp3) is 0. The van der Waals surface area contributed by atoms with Crippen molar-refractivity contribution in [1.29, 1.82) is 0 Å². The lowest BCUT2D eigenvalue weighted by atomic mass is 10.6. The zero-order chi connectivity index (χ0) is 6.41. The molecule has 0 saturated heterocycles. The summed E-state index contributed by atoms with van der Waals surface area (Å²) in [6.45, 7) is 0.138. The topological polar surface area (TPSA) is 63.6 Å². The molecular formula is C4H4O4. The van der Waals surface area contributed by atoms with Gasteiger partial charge in [-0.25, -0.2) is 4.79 Å².